The number of ether oxygens (including phenoxy) is 1. The van der Waals surface area contributed by atoms with Crippen LogP contribution in [0.15, 0.2) is 6.07 Å². The Morgan fingerprint density at radius 3 is 2.47 bits per heavy atom. The molecule has 0 N–H and O–H groups in total. The summed E-state index contributed by atoms with van der Waals surface area (Å²) in [6, 6.07) is 0.295. The summed E-state index contributed by atoms with van der Waals surface area (Å²) in [4.78, 5) is 11.6. The van der Waals surface area contributed by atoms with E-state index in [-0.39, 0.29) is 0 Å². The second-order valence-electron chi connectivity index (χ2n) is 2.70. The van der Waals surface area contributed by atoms with Crippen LogP contribution < -0.4 is 4.74 Å². The molecule has 0 fully saturated rings. The number of rotatable bonds is 3. The van der Waals surface area contributed by atoms with E-state index in [0.29, 0.717) is 6.07 Å². The van der Waals surface area contributed by atoms with Gasteiger partial charge in [0.25, 0.3) is 0 Å². The summed E-state index contributed by atoms with van der Waals surface area (Å²) in [7, 11) is 0. The van der Waals surface area contributed by atoms with Crippen LogP contribution in [0.3, 0.4) is 0 Å². The van der Waals surface area contributed by atoms with Crippen molar-refractivity contribution >= 4 is 5.69 Å². The minimum absolute atomic E-state index is 0.295. The molecule has 10 heteroatoms. The lowest BCUT2D eigenvalue weighted by Gasteiger charge is -2.08. The zero-order valence-corrected chi connectivity index (χ0v) is 7.79. The van der Waals surface area contributed by atoms with Crippen LogP contribution >= 0.6 is 0 Å². The summed E-state index contributed by atoms with van der Waals surface area (Å²) in [5.41, 5.74) is -2.09. The van der Waals surface area contributed by atoms with Gasteiger partial charge in [0.2, 0.25) is 5.95 Å². The summed E-state index contributed by atoms with van der Waals surface area (Å²) in [6.07, 6.45) is -5.26. The van der Waals surface area contributed by atoms with Crippen LogP contribution in [-0.4, -0.2) is 16.3 Å². The van der Waals surface area contributed by atoms with Crippen LogP contribution in [0.5, 0.6) is 5.88 Å². The first-order valence-electron chi connectivity index (χ1n) is 3.90. The Morgan fingerprint density at radius 2 is 2.06 bits per heavy atom. The van der Waals surface area contributed by atoms with Crippen LogP contribution in [0.4, 0.5) is 27.6 Å². The fourth-order valence-corrected chi connectivity index (χ4v) is 0.914. The van der Waals surface area contributed by atoms with E-state index in [2.05, 4.69) is 9.72 Å². The van der Waals surface area contributed by atoms with Gasteiger partial charge in [0.15, 0.2) is 0 Å². The van der Waals surface area contributed by atoms with Crippen molar-refractivity contribution in [3.63, 3.8) is 0 Å². The number of halogens is 5. The Kier molecular flexibility index (Phi) is 3.44. The van der Waals surface area contributed by atoms with Crippen LogP contribution in [-0.2, 0) is 6.67 Å². The molecule has 1 aromatic rings. The van der Waals surface area contributed by atoms with Crippen molar-refractivity contribution in [2.45, 2.75) is 13.0 Å². The molecular formula is C7H3F5N2O3. The van der Waals surface area contributed by atoms with Gasteiger partial charge in [-0.15, -0.1) is 13.2 Å². The van der Waals surface area contributed by atoms with E-state index in [9.17, 15) is 32.1 Å². The van der Waals surface area contributed by atoms with Gasteiger partial charge < -0.3 is 4.74 Å². The molecule has 0 amide bonds. The van der Waals surface area contributed by atoms with Crippen molar-refractivity contribution in [1.82, 2.24) is 4.98 Å². The maximum Gasteiger partial charge on any atom is 0.574 e. The predicted molar refractivity (Wildman–Crippen MR) is 42.3 cm³/mol. The number of nitrogens with zero attached hydrogens (tertiary/aromatic N) is 2. The average molecular weight is 258 g/mol. The summed E-state index contributed by atoms with van der Waals surface area (Å²) < 4.78 is 63.6. The maximum atomic E-state index is 12.8. The number of hydrogen-bond donors (Lipinski definition) is 0. The Morgan fingerprint density at radius 1 is 1.47 bits per heavy atom. The number of hydrogen-bond acceptors (Lipinski definition) is 4. The third kappa shape index (κ3) is 3.23. The highest BCUT2D eigenvalue weighted by molar-refractivity contribution is 5.43. The highest BCUT2D eigenvalue weighted by Crippen LogP contribution is 2.31. The monoisotopic (exact) mass is 258 g/mol. The molecule has 0 saturated carbocycles. The number of aromatic nitrogens is 1. The Bertz CT molecular complexity index is 448. The van der Waals surface area contributed by atoms with E-state index in [1.165, 1.54) is 0 Å². The maximum absolute atomic E-state index is 12.8. The highest BCUT2D eigenvalue weighted by Gasteiger charge is 2.36. The smallest absolute Gasteiger partial charge is 0.380 e. The Labute approximate surface area is 90.0 Å². The number of alkyl halides is 4. The van der Waals surface area contributed by atoms with Crippen molar-refractivity contribution in [2.75, 3.05) is 0 Å². The van der Waals surface area contributed by atoms with Crippen molar-refractivity contribution in [3.05, 3.63) is 27.7 Å². The molecule has 0 unspecified atom stereocenters. The van der Waals surface area contributed by atoms with Crippen LogP contribution in [0.2, 0.25) is 0 Å². The minimum Gasteiger partial charge on any atom is -0.380 e. The molecule has 0 radical (unpaired) electrons. The highest BCUT2D eigenvalue weighted by atomic mass is 19.4. The largest absolute Gasteiger partial charge is 0.574 e. The van der Waals surface area contributed by atoms with Gasteiger partial charge in [0, 0.05) is 11.6 Å². The summed E-state index contributed by atoms with van der Waals surface area (Å²) in [6.45, 7) is -1.44. The Hall–Kier alpha value is -2.00. The zero-order valence-electron chi connectivity index (χ0n) is 7.79. The van der Waals surface area contributed by atoms with Crippen molar-refractivity contribution in [3.8, 4) is 5.88 Å². The van der Waals surface area contributed by atoms with Gasteiger partial charge in [-0.3, -0.25) is 10.1 Å². The molecule has 1 aromatic heterocycles. The molecule has 0 aliphatic rings. The van der Waals surface area contributed by atoms with Gasteiger partial charge in [-0.25, -0.2) is 4.39 Å². The molecule has 17 heavy (non-hydrogen) atoms. The molecule has 0 spiro atoms. The van der Waals surface area contributed by atoms with E-state index >= 15 is 0 Å². The second kappa shape index (κ2) is 4.47. The van der Waals surface area contributed by atoms with Crippen molar-refractivity contribution < 1.29 is 31.6 Å². The lowest BCUT2D eigenvalue weighted by molar-refractivity contribution is -0.389. The van der Waals surface area contributed by atoms with Gasteiger partial charge in [0.1, 0.15) is 6.67 Å². The average Bonchev–Trinajstić information content (AvgIpc) is 2.14. The minimum atomic E-state index is -5.26. The molecule has 0 aliphatic heterocycles. The van der Waals surface area contributed by atoms with E-state index in [1.807, 2.05) is 0 Å². The molecule has 1 heterocycles. The van der Waals surface area contributed by atoms with Gasteiger partial charge in [-0.2, -0.15) is 9.37 Å². The van der Waals surface area contributed by atoms with Gasteiger partial charge in [-0.05, 0) is 0 Å². The first-order chi connectivity index (χ1) is 7.74. The first-order valence-corrected chi connectivity index (χ1v) is 3.90. The predicted octanol–water partition coefficient (Wildman–Crippen LogP) is 2.50. The molecule has 0 bridgehead atoms. The van der Waals surface area contributed by atoms with E-state index < -0.39 is 41.0 Å². The third-order valence-electron chi connectivity index (χ3n) is 1.55. The van der Waals surface area contributed by atoms with Crippen LogP contribution in [0, 0.1) is 16.1 Å². The fourth-order valence-electron chi connectivity index (χ4n) is 0.914. The molecule has 0 aliphatic carbocycles. The standard InChI is InChI=1S/C7H3F5N2O3/c8-2-3-1-4(14(15)16)6(13-5(3)9)17-7(10,11)12/h1H,2H2. The fraction of sp³-hybridized carbons (Fsp3) is 0.286. The number of pyridine rings is 1. The molecular weight excluding hydrogens is 255 g/mol. The van der Waals surface area contributed by atoms with Gasteiger partial charge in [-0.1, -0.05) is 0 Å². The topological polar surface area (TPSA) is 65.3 Å². The van der Waals surface area contributed by atoms with E-state index in [1.54, 1.807) is 0 Å². The normalized spacial score (nSPS) is 11.4. The summed E-state index contributed by atoms with van der Waals surface area (Å²) in [5, 5.41) is 10.4. The van der Waals surface area contributed by atoms with Crippen LogP contribution in [0.1, 0.15) is 5.56 Å². The van der Waals surface area contributed by atoms with Crippen molar-refractivity contribution in [1.29, 1.82) is 0 Å². The third-order valence-corrected chi connectivity index (χ3v) is 1.55. The van der Waals surface area contributed by atoms with Crippen LogP contribution in [0.25, 0.3) is 0 Å². The lowest BCUT2D eigenvalue weighted by atomic mass is 10.3. The first kappa shape index (κ1) is 13.1. The molecule has 94 valence electrons. The number of nitro groups is 1. The van der Waals surface area contributed by atoms with Crippen molar-refractivity contribution in [2.24, 2.45) is 0 Å². The zero-order chi connectivity index (χ0) is 13.2. The molecule has 5 nitrogen and oxygen atoms in total. The van der Waals surface area contributed by atoms with E-state index in [0.717, 1.165) is 0 Å². The quantitative estimate of drug-likeness (QED) is 0.361. The SMILES string of the molecule is O=[N+]([O-])c1cc(CF)c(F)nc1OC(F)(F)F. The second-order valence-corrected chi connectivity index (χ2v) is 2.70. The molecule has 1 rings (SSSR count). The summed E-state index contributed by atoms with van der Waals surface area (Å²) >= 11 is 0. The Balaban J connectivity index is 3.28. The molecule has 0 aromatic carbocycles. The lowest BCUT2D eigenvalue weighted by Crippen LogP contribution is -2.19. The van der Waals surface area contributed by atoms with Gasteiger partial charge >= 0.3 is 17.9 Å². The molecule has 0 saturated heterocycles. The molecule has 0 atom stereocenters. The van der Waals surface area contributed by atoms with E-state index in [4.69, 9.17) is 0 Å². The summed E-state index contributed by atoms with van der Waals surface area (Å²) in [5.74, 6) is -3.17. The van der Waals surface area contributed by atoms with Gasteiger partial charge in [0.05, 0.1) is 4.92 Å².